The molecule has 0 atom stereocenters. The average molecular weight is 310 g/mol. The largest absolute Gasteiger partial charge is 0.457 e. The summed E-state index contributed by atoms with van der Waals surface area (Å²) in [5.41, 5.74) is 0. The standard InChI is InChI=1S/C14H18N2O4S/c1-11-14(10-13(19-11)12-6-7-15-20-12)21(17,18)16-8-4-2-3-5-9-16/h6-7,10H,2-5,8-9H2,1H3. The Kier molecular flexibility index (Phi) is 3.86. The third kappa shape index (κ3) is 2.75. The Morgan fingerprint density at radius 3 is 2.48 bits per heavy atom. The maximum absolute atomic E-state index is 12.8. The first-order chi connectivity index (χ1) is 10.1. The molecule has 7 heteroatoms. The Morgan fingerprint density at radius 2 is 1.86 bits per heavy atom. The van der Waals surface area contributed by atoms with Gasteiger partial charge in [0, 0.05) is 25.2 Å². The van der Waals surface area contributed by atoms with E-state index < -0.39 is 10.0 Å². The minimum Gasteiger partial charge on any atom is -0.457 e. The minimum atomic E-state index is -3.51. The monoisotopic (exact) mass is 310 g/mol. The zero-order valence-corrected chi connectivity index (χ0v) is 12.7. The van der Waals surface area contributed by atoms with Gasteiger partial charge in [-0.3, -0.25) is 0 Å². The highest BCUT2D eigenvalue weighted by atomic mass is 32.2. The van der Waals surface area contributed by atoms with E-state index in [-0.39, 0.29) is 4.90 Å². The lowest BCUT2D eigenvalue weighted by Crippen LogP contribution is -2.32. The Hall–Kier alpha value is -1.60. The van der Waals surface area contributed by atoms with Crippen molar-refractivity contribution in [2.24, 2.45) is 0 Å². The maximum atomic E-state index is 12.8. The van der Waals surface area contributed by atoms with Crippen molar-refractivity contribution in [2.45, 2.75) is 37.5 Å². The average Bonchev–Trinajstić information content (AvgIpc) is 3.01. The van der Waals surface area contributed by atoms with Crippen molar-refractivity contribution >= 4 is 10.0 Å². The Morgan fingerprint density at radius 1 is 1.14 bits per heavy atom. The summed E-state index contributed by atoms with van der Waals surface area (Å²) in [5.74, 6) is 1.19. The third-order valence-electron chi connectivity index (χ3n) is 3.74. The van der Waals surface area contributed by atoms with Crippen LogP contribution in [0.5, 0.6) is 0 Å². The molecule has 1 aliphatic heterocycles. The van der Waals surface area contributed by atoms with Gasteiger partial charge in [0.15, 0.2) is 5.76 Å². The van der Waals surface area contributed by atoms with E-state index in [4.69, 9.17) is 8.94 Å². The summed E-state index contributed by atoms with van der Waals surface area (Å²) in [7, 11) is -3.51. The second-order valence-electron chi connectivity index (χ2n) is 5.23. The van der Waals surface area contributed by atoms with E-state index in [2.05, 4.69) is 5.16 Å². The van der Waals surface area contributed by atoms with Gasteiger partial charge in [-0.25, -0.2) is 8.42 Å². The molecule has 0 unspecified atom stereocenters. The van der Waals surface area contributed by atoms with Crippen LogP contribution in [0.1, 0.15) is 31.4 Å². The number of nitrogens with zero attached hydrogens (tertiary/aromatic N) is 2. The molecular formula is C14H18N2O4S. The highest BCUT2D eigenvalue weighted by molar-refractivity contribution is 7.89. The molecule has 3 rings (SSSR count). The van der Waals surface area contributed by atoms with Crippen molar-refractivity contribution in [3.8, 4) is 11.5 Å². The molecule has 1 saturated heterocycles. The SMILES string of the molecule is Cc1oc(-c2ccno2)cc1S(=O)(=O)N1CCCCCC1. The van der Waals surface area contributed by atoms with Gasteiger partial charge in [0.2, 0.25) is 15.8 Å². The molecule has 0 radical (unpaired) electrons. The van der Waals surface area contributed by atoms with Crippen LogP contribution in [0.3, 0.4) is 0 Å². The Balaban J connectivity index is 1.95. The lowest BCUT2D eigenvalue weighted by Gasteiger charge is -2.19. The maximum Gasteiger partial charge on any atom is 0.246 e. The van der Waals surface area contributed by atoms with Crippen LogP contribution in [0, 0.1) is 6.92 Å². The van der Waals surface area contributed by atoms with E-state index in [1.54, 1.807) is 17.3 Å². The van der Waals surface area contributed by atoms with Gasteiger partial charge in [-0.05, 0) is 19.8 Å². The molecule has 2 aromatic heterocycles. The fourth-order valence-corrected chi connectivity index (χ4v) is 4.28. The van der Waals surface area contributed by atoms with Crippen LogP contribution in [0.25, 0.3) is 11.5 Å². The summed E-state index contributed by atoms with van der Waals surface area (Å²) in [5, 5.41) is 3.61. The second-order valence-corrected chi connectivity index (χ2v) is 7.13. The lowest BCUT2D eigenvalue weighted by atomic mass is 10.2. The molecule has 1 fully saturated rings. The number of aryl methyl sites for hydroxylation is 1. The quantitative estimate of drug-likeness (QED) is 0.871. The zero-order valence-electron chi connectivity index (χ0n) is 11.9. The van der Waals surface area contributed by atoms with Crippen molar-refractivity contribution in [3.63, 3.8) is 0 Å². The predicted octanol–water partition coefficient (Wildman–Crippen LogP) is 2.81. The number of furan rings is 1. The first-order valence-electron chi connectivity index (χ1n) is 7.10. The molecule has 1 aliphatic rings. The molecule has 0 bridgehead atoms. The summed E-state index contributed by atoms with van der Waals surface area (Å²) in [4.78, 5) is 0.218. The van der Waals surface area contributed by atoms with Gasteiger partial charge in [-0.15, -0.1) is 0 Å². The summed E-state index contributed by atoms with van der Waals surface area (Å²) in [6, 6.07) is 3.16. The highest BCUT2D eigenvalue weighted by Crippen LogP contribution is 2.30. The van der Waals surface area contributed by atoms with E-state index in [0.29, 0.717) is 30.4 Å². The smallest absolute Gasteiger partial charge is 0.246 e. The molecule has 114 valence electrons. The molecular weight excluding hydrogens is 292 g/mol. The molecule has 0 amide bonds. The minimum absolute atomic E-state index is 0.218. The van der Waals surface area contributed by atoms with E-state index in [9.17, 15) is 8.42 Å². The number of rotatable bonds is 3. The van der Waals surface area contributed by atoms with Gasteiger partial charge in [0.25, 0.3) is 0 Å². The van der Waals surface area contributed by atoms with Gasteiger partial charge in [0.05, 0.1) is 6.20 Å². The van der Waals surface area contributed by atoms with Gasteiger partial charge in [-0.2, -0.15) is 4.31 Å². The van der Waals surface area contributed by atoms with Crippen molar-refractivity contribution in [3.05, 3.63) is 24.1 Å². The number of hydrogen-bond donors (Lipinski definition) is 0. The molecule has 0 aromatic carbocycles. The van der Waals surface area contributed by atoms with Gasteiger partial charge >= 0.3 is 0 Å². The second kappa shape index (κ2) is 5.65. The number of aromatic nitrogens is 1. The van der Waals surface area contributed by atoms with E-state index >= 15 is 0 Å². The summed E-state index contributed by atoms with van der Waals surface area (Å²) >= 11 is 0. The fourth-order valence-electron chi connectivity index (χ4n) is 2.61. The van der Waals surface area contributed by atoms with Crippen molar-refractivity contribution < 1.29 is 17.4 Å². The van der Waals surface area contributed by atoms with Crippen LogP contribution < -0.4 is 0 Å². The number of sulfonamides is 1. The van der Waals surface area contributed by atoms with E-state index in [0.717, 1.165) is 25.7 Å². The van der Waals surface area contributed by atoms with Crippen molar-refractivity contribution in [2.75, 3.05) is 13.1 Å². The zero-order chi connectivity index (χ0) is 14.9. The van der Waals surface area contributed by atoms with Crippen LogP contribution in [-0.4, -0.2) is 31.0 Å². The van der Waals surface area contributed by atoms with E-state index in [1.165, 1.54) is 12.3 Å². The molecule has 0 spiro atoms. The van der Waals surface area contributed by atoms with Crippen molar-refractivity contribution in [1.29, 1.82) is 0 Å². The molecule has 6 nitrogen and oxygen atoms in total. The van der Waals surface area contributed by atoms with Gasteiger partial charge in [0.1, 0.15) is 10.7 Å². The summed E-state index contributed by atoms with van der Waals surface area (Å²) in [6.07, 6.45) is 5.48. The normalized spacial score (nSPS) is 17.8. The predicted molar refractivity (Wildman–Crippen MR) is 76.2 cm³/mol. The fraction of sp³-hybridized carbons (Fsp3) is 0.500. The van der Waals surface area contributed by atoms with Crippen LogP contribution >= 0.6 is 0 Å². The number of hydrogen-bond acceptors (Lipinski definition) is 5. The summed E-state index contributed by atoms with van der Waals surface area (Å²) < 4.78 is 37.6. The van der Waals surface area contributed by atoms with Gasteiger partial charge < -0.3 is 8.94 Å². The molecule has 21 heavy (non-hydrogen) atoms. The highest BCUT2D eigenvalue weighted by Gasteiger charge is 2.29. The Labute approximate surface area is 123 Å². The Bertz CT molecular complexity index is 695. The lowest BCUT2D eigenvalue weighted by molar-refractivity contribution is 0.412. The molecule has 3 heterocycles. The topological polar surface area (TPSA) is 76.5 Å². The van der Waals surface area contributed by atoms with Crippen LogP contribution in [0.2, 0.25) is 0 Å². The molecule has 0 N–H and O–H groups in total. The van der Waals surface area contributed by atoms with E-state index in [1.807, 2.05) is 0 Å². The molecule has 2 aromatic rings. The van der Waals surface area contributed by atoms with Crippen LogP contribution in [0.15, 0.2) is 32.2 Å². The van der Waals surface area contributed by atoms with Crippen LogP contribution in [-0.2, 0) is 10.0 Å². The van der Waals surface area contributed by atoms with Crippen LogP contribution in [0.4, 0.5) is 0 Å². The van der Waals surface area contributed by atoms with Crippen molar-refractivity contribution in [1.82, 2.24) is 9.46 Å². The third-order valence-corrected chi connectivity index (χ3v) is 5.74. The first kappa shape index (κ1) is 14.3. The first-order valence-corrected chi connectivity index (χ1v) is 8.55. The molecule has 0 aliphatic carbocycles. The molecule has 0 saturated carbocycles. The summed E-state index contributed by atoms with van der Waals surface area (Å²) in [6.45, 7) is 2.81. The van der Waals surface area contributed by atoms with Gasteiger partial charge in [-0.1, -0.05) is 18.0 Å².